The van der Waals surface area contributed by atoms with Crippen molar-refractivity contribution >= 4 is 21.8 Å². The van der Waals surface area contributed by atoms with E-state index < -0.39 is 21.0 Å². The van der Waals surface area contributed by atoms with Gasteiger partial charge >= 0.3 is 16.1 Å². The highest BCUT2D eigenvalue weighted by Gasteiger charge is 2.23. The zero-order valence-electron chi connectivity index (χ0n) is 14.1. The highest BCUT2D eigenvalue weighted by atomic mass is 32.2. The monoisotopic (exact) mass is 381 g/mol. The second-order valence-corrected chi connectivity index (χ2v) is 6.65. The minimum Gasteiger partial charge on any atom is -0.493 e. The summed E-state index contributed by atoms with van der Waals surface area (Å²) in [4.78, 5) is 21.5. The van der Waals surface area contributed by atoms with Gasteiger partial charge in [0.1, 0.15) is 4.90 Å². The lowest BCUT2D eigenvalue weighted by atomic mass is 10.2. The van der Waals surface area contributed by atoms with E-state index in [9.17, 15) is 23.3 Å². The number of benzene rings is 2. The molecule has 0 saturated heterocycles. The molecule has 0 amide bonds. The summed E-state index contributed by atoms with van der Waals surface area (Å²) in [7, 11) is -1.89. The van der Waals surface area contributed by atoms with Crippen molar-refractivity contribution in [2.75, 3.05) is 14.2 Å². The van der Waals surface area contributed by atoms with E-state index >= 15 is 0 Å². The van der Waals surface area contributed by atoms with Gasteiger partial charge in [0.05, 0.1) is 24.7 Å². The largest absolute Gasteiger partial charge is 0.493 e. The van der Waals surface area contributed by atoms with Crippen molar-refractivity contribution in [3.63, 3.8) is 0 Å². The molecule has 0 atom stereocenters. The van der Waals surface area contributed by atoms with Crippen LogP contribution in [0, 0.1) is 17.0 Å². The molecule has 0 N–H and O–H groups in total. The third-order valence-corrected chi connectivity index (χ3v) is 4.68. The fourth-order valence-electron chi connectivity index (χ4n) is 2.09. The van der Waals surface area contributed by atoms with E-state index in [-0.39, 0.29) is 27.6 Å². The lowest BCUT2D eigenvalue weighted by Crippen LogP contribution is -2.11. The van der Waals surface area contributed by atoms with E-state index in [1.807, 2.05) is 0 Å². The molecule has 0 aliphatic carbocycles. The Morgan fingerprint density at radius 3 is 2.35 bits per heavy atom. The first-order chi connectivity index (χ1) is 12.2. The number of ether oxygens (including phenoxy) is 2. The average molecular weight is 381 g/mol. The van der Waals surface area contributed by atoms with Crippen LogP contribution in [0.2, 0.25) is 0 Å². The Bertz CT molecular complexity index is 968. The second-order valence-electron chi connectivity index (χ2n) is 5.10. The van der Waals surface area contributed by atoms with Gasteiger partial charge in [-0.2, -0.15) is 8.42 Å². The number of nitro groups is 1. The number of hydrogen-bond acceptors (Lipinski definition) is 8. The van der Waals surface area contributed by atoms with Crippen LogP contribution in [0.3, 0.4) is 0 Å². The van der Waals surface area contributed by atoms with E-state index in [0.717, 1.165) is 6.07 Å². The fourth-order valence-corrected chi connectivity index (χ4v) is 3.05. The molecular formula is C16H15NO8S. The summed E-state index contributed by atoms with van der Waals surface area (Å²) in [5, 5.41) is 11.0. The zero-order valence-corrected chi connectivity index (χ0v) is 14.9. The minimum atomic E-state index is -4.36. The third kappa shape index (κ3) is 3.91. The summed E-state index contributed by atoms with van der Waals surface area (Å²) in [6.07, 6.45) is 0. The van der Waals surface area contributed by atoms with Crippen molar-refractivity contribution in [3.8, 4) is 11.5 Å². The van der Waals surface area contributed by atoms with Crippen molar-refractivity contribution in [2.45, 2.75) is 11.8 Å². The normalized spacial score (nSPS) is 10.9. The Hall–Kier alpha value is -3.14. The van der Waals surface area contributed by atoms with Gasteiger partial charge in [0.25, 0.3) is 5.69 Å². The fraction of sp³-hybridized carbons (Fsp3) is 0.188. The zero-order chi connectivity index (χ0) is 19.5. The minimum absolute atomic E-state index is 0.0157. The molecule has 138 valence electrons. The molecule has 0 spiro atoms. The Morgan fingerprint density at radius 1 is 1.08 bits per heavy atom. The molecule has 0 fully saturated rings. The first kappa shape index (κ1) is 19.2. The van der Waals surface area contributed by atoms with Crippen molar-refractivity contribution in [1.82, 2.24) is 0 Å². The van der Waals surface area contributed by atoms with Gasteiger partial charge in [-0.1, -0.05) is 6.07 Å². The molecule has 2 rings (SSSR count). The van der Waals surface area contributed by atoms with E-state index in [0.29, 0.717) is 5.56 Å². The number of hydrogen-bond donors (Lipinski definition) is 0. The molecule has 2 aromatic carbocycles. The number of esters is 1. The predicted octanol–water partition coefficient (Wildman–Crippen LogP) is 2.47. The van der Waals surface area contributed by atoms with Crippen LogP contribution in [0.1, 0.15) is 15.9 Å². The van der Waals surface area contributed by atoms with E-state index in [2.05, 4.69) is 4.74 Å². The Kier molecular flexibility index (Phi) is 5.46. The maximum absolute atomic E-state index is 12.4. The molecule has 0 unspecified atom stereocenters. The van der Waals surface area contributed by atoms with E-state index in [4.69, 9.17) is 8.92 Å². The molecule has 0 heterocycles. The number of carbonyl (C=O) groups is 1. The van der Waals surface area contributed by atoms with Crippen LogP contribution in [0.4, 0.5) is 5.69 Å². The summed E-state index contributed by atoms with van der Waals surface area (Å²) in [5.74, 6) is -0.826. The van der Waals surface area contributed by atoms with E-state index in [1.165, 1.54) is 51.5 Å². The first-order valence-electron chi connectivity index (χ1n) is 7.15. The standard InChI is InChI=1S/C16H15NO8S/c1-10-4-6-12(9-13(10)17(19)20)26(21,22)25-14-7-5-11(16(18)24-3)8-15(14)23-2/h4-9H,1-3H3. The second kappa shape index (κ2) is 7.40. The Labute approximate surface area is 149 Å². The van der Waals surface area contributed by atoms with Gasteiger partial charge in [0, 0.05) is 11.6 Å². The Balaban J connectivity index is 2.42. The highest BCUT2D eigenvalue weighted by molar-refractivity contribution is 7.87. The number of aryl methyl sites for hydroxylation is 1. The number of carbonyl (C=O) groups excluding carboxylic acids is 1. The lowest BCUT2D eigenvalue weighted by molar-refractivity contribution is -0.385. The van der Waals surface area contributed by atoms with Gasteiger partial charge in [-0.3, -0.25) is 10.1 Å². The maximum Gasteiger partial charge on any atom is 0.339 e. The summed E-state index contributed by atoms with van der Waals surface area (Å²) < 4.78 is 39.5. The number of nitro benzene ring substituents is 1. The van der Waals surface area contributed by atoms with Gasteiger partial charge in [0.2, 0.25) is 0 Å². The van der Waals surface area contributed by atoms with Crippen molar-refractivity contribution in [1.29, 1.82) is 0 Å². The molecule has 26 heavy (non-hydrogen) atoms. The molecule has 10 heteroatoms. The number of nitrogens with zero attached hydrogens (tertiary/aromatic N) is 1. The molecule has 0 saturated carbocycles. The van der Waals surface area contributed by atoms with Crippen molar-refractivity contribution < 1.29 is 31.8 Å². The Morgan fingerprint density at radius 2 is 1.77 bits per heavy atom. The summed E-state index contributed by atoms with van der Waals surface area (Å²) in [5.41, 5.74) is 0.108. The van der Waals surface area contributed by atoms with Crippen LogP contribution in [0.25, 0.3) is 0 Å². The highest BCUT2D eigenvalue weighted by Crippen LogP contribution is 2.32. The number of rotatable bonds is 6. The SMILES string of the molecule is COC(=O)c1ccc(OS(=O)(=O)c2ccc(C)c([N+](=O)[O-])c2)c(OC)c1. The van der Waals surface area contributed by atoms with Crippen LogP contribution in [-0.4, -0.2) is 33.5 Å². The third-order valence-electron chi connectivity index (χ3n) is 3.45. The van der Waals surface area contributed by atoms with Crippen LogP contribution < -0.4 is 8.92 Å². The molecule has 0 aromatic heterocycles. The summed E-state index contributed by atoms with van der Waals surface area (Å²) in [6.45, 7) is 1.49. The van der Waals surface area contributed by atoms with Crippen LogP contribution in [-0.2, 0) is 14.9 Å². The maximum atomic E-state index is 12.4. The lowest BCUT2D eigenvalue weighted by Gasteiger charge is -2.12. The molecular weight excluding hydrogens is 366 g/mol. The first-order valence-corrected chi connectivity index (χ1v) is 8.56. The van der Waals surface area contributed by atoms with Gasteiger partial charge in [-0.25, -0.2) is 4.79 Å². The molecule has 0 aliphatic heterocycles. The molecule has 2 aromatic rings. The van der Waals surface area contributed by atoms with Gasteiger partial charge in [-0.15, -0.1) is 0 Å². The molecule has 0 aliphatic rings. The van der Waals surface area contributed by atoms with Crippen LogP contribution >= 0.6 is 0 Å². The average Bonchev–Trinajstić information content (AvgIpc) is 2.60. The van der Waals surface area contributed by atoms with Crippen LogP contribution in [0.5, 0.6) is 11.5 Å². The molecule has 9 nitrogen and oxygen atoms in total. The van der Waals surface area contributed by atoms with Gasteiger partial charge in [-0.05, 0) is 31.2 Å². The van der Waals surface area contributed by atoms with Gasteiger partial charge < -0.3 is 13.7 Å². The topological polar surface area (TPSA) is 122 Å². The summed E-state index contributed by atoms with van der Waals surface area (Å²) in [6, 6.07) is 7.22. The quantitative estimate of drug-likeness (QED) is 0.324. The predicted molar refractivity (Wildman–Crippen MR) is 90.0 cm³/mol. The number of methoxy groups -OCH3 is 2. The van der Waals surface area contributed by atoms with Gasteiger partial charge in [0.15, 0.2) is 11.5 Å². The van der Waals surface area contributed by atoms with Crippen molar-refractivity contribution in [3.05, 3.63) is 57.6 Å². The smallest absolute Gasteiger partial charge is 0.339 e. The summed E-state index contributed by atoms with van der Waals surface area (Å²) >= 11 is 0. The van der Waals surface area contributed by atoms with Crippen molar-refractivity contribution in [2.24, 2.45) is 0 Å². The molecule has 0 bridgehead atoms. The van der Waals surface area contributed by atoms with Crippen LogP contribution in [0.15, 0.2) is 41.3 Å². The molecule has 0 radical (unpaired) electrons. The van der Waals surface area contributed by atoms with E-state index in [1.54, 1.807) is 0 Å².